The molecule has 0 saturated heterocycles. The van der Waals surface area contributed by atoms with E-state index in [2.05, 4.69) is 10.7 Å². The maximum atomic E-state index is 12.2. The number of carbonyl (C=O) groups excluding carboxylic acids is 1. The summed E-state index contributed by atoms with van der Waals surface area (Å²) in [6.45, 7) is 0.589. The highest BCUT2D eigenvalue weighted by Gasteiger charge is 2.14. The van der Waals surface area contributed by atoms with Gasteiger partial charge in [-0.3, -0.25) is 10.2 Å². The van der Waals surface area contributed by atoms with Crippen molar-refractivity contribution >= 4 is 5.91 Å². The van der Waals surface area contributed by atoms with Gasteiger partial charge in [-0.2, -0.15) is 0 Å². The molecule has 3 rings (SSSR count). The zero-order valence-corrected chi connectivity index (χ0v) is 17.8. The fourth-order valence-corrected chi connectivity index (χ4v) is 3.17. The lowest BCUT2D eigenvalue weighted by Gasteiger charge is -2.17. The van der Waals surface area contributed by atoms with E-state index < -0.39 is 0 Å². The van der Waals surface area contributed by atoms with Gasteiger partial charge in [0.25, 0.3) is 5.91 Å². The van der Waals surface area contributed by atoms with Crippen molar-refractivity contribution in [2.75, 3.05) is 21.2 Å². The monoisotopic (exact) mass is 419 g/mol. The smallest absolute Gasteiger partial charge is 0.253 e. The van der Waals surface area contributed by atoms with E-state index in [1.807, 2.05) is 54.6 Å². The molecule has 3 aromatic carbocycles. The minimum atomic E-state index is -0.0578. The number of amides is 1. The average molecular weight is 419 g/mol. The number of benzene rings is 3. The molecule has 0 heterocycles. The van der Waals surface area contributed by atoms with Gasteiger partial charge in [0.15, 0.2) is 0 Å². The molecule has 7 heteroatoms. The van der Waals surface area contributed by atoms with Crippen LogP contribution in [0.3, 0.4) is 0 Å². The number of nitrogens with zero attached hydrogens (tertiary/aromatic N) is 2. The molecular weight excluding hydrogens is 394 g/mol. The van der Waals surface area contributed by atoms with Crippen LogP contribution < -0.4 is 14.9 Å². The van der Waals surface area contributed by atoms with Gasteiger partial charge in [-0.1, -0.05) is 42.5 Å². The summed E-state index contributed by atoms with van der Waals surface area (Å²) in [5.74, 6) is 1.37. The second-order valence-corrected chi connectivity index (χ2v) is 7.13. The second-order valence-electron chi connectivity index (χ2n) is 7.13. The van der Waals surface area contributed by atoms with Gasteiger partial charge >= 0.3 is 0 Å². The fraction of sp³-hybridized carbons (Fsp3) is 0.208. The summed E-state index contributed by atoms with van der Waals surface area (Å²) in [7, 11) is 5.07. The van der Waals surface area contributed by atoms with Crippen molar-refractivity contribution in [1.82, 2.24) is 10.3 Å². The molecule has 3 aromatic rings. The average Bonchev–Trinajstić information content (AvgIpc) is 2.81. The number of ether oxygens (including phenoxy) is 2. The molecule has 0 bridgehead atoms. The first-order valence-corrected chi connectivity index (χ1v) is 9.78. The van der Waals surface area contributed by atoms with Crippen molar-refractivity contribution in [3.05, 3.63) is 88.3 Å². The number of nitrogens with one attached hydrogen (secondary N) is 1. The van der Waals surface area contributed by atoms with Gasteiger partial charge in [0, 0.05) is 36.1 Å². The number of carbonyl (C=O) groups is 1. The lowest BCUT2D eigenvalue weighted by molar-refractivity contribution is 0.0827. The van der Waals surface area contributed by atoms with Crippen molar-refractivity contribution in [1.29, 1.82) is 0 Å². The van der Waals surface area contributed by atoms with Gasteiger partial charge in [-0.05, 0) is 35.4 Å². The predicted octanol–water partition coefficient (Wildman–Crippen LogP) is 4.41. The summed E-state index contributed by atoms with van der Waals surface area (Å²) in [6, 6.07) is 20.7. The predicted molar refractivity (Wildman–Crippen MR) is 120 cm³/mol. The number of hydrogen-bond acceptors (Lipinski definition) is 5. The normalized spacial score (nSPS) is 10.3. The van der Waals surface area contributed by atoms with Crippen molar-refractivity contribution < 1.29 is 14.3 Å². The standard InChI is InChI=1S/C24H25N3O4/c1-27(2)24(28)19-11-9-18(10-12-19)22-6-4-5-20(15-25-26-29)23(22)31-16-17-7-13-21(30-3)14-8-17/h4-14H,15-16H2,1-3H3,(H,25,29). The van der Waals surface area contributed by atoms with Gasteiger partial charge in [0.2, 0.25) is 0 Å². The maximum absolute atomic E-state index is 12.2. The molecule has 0 fully saturated rings. The highest BCUT2D eigenvalue weighted by Crippen LogP contribution is 2.34. The largest absolute Gasteiger partial charge is 0.497 e. The topological polar surface area (TPSA) is 80.2 Å². The Kier molecular flexibility index (Phi) is 7.22. The summed E-state index contributed by atoms with van der Waals surface area (Å²) in [4.78, 5) is 24.3. The molecule has 0 aliphatic carbocycles. The van der Waals surface area contributed by atoms with E-state index in [4.69, 9.17) is 9.47 Å². The summed E-state index contributed by atoms with van der Waals surface area (Å²) in [5, 5.41) is 2.75. The van der Waals surface area contributed by atoms with E-state index in [0.29, 0.717) is 17.9 Å². The quantitative estimate of drug-likeness (QED) is 0.410. The van der Waals surface area contributed by atoms with Gasteiger partial charge in [0.05, 0.1) is 13.7 Å². The van der Waals surface area contributed by atoms with Crippen molar-refractivity contribution in [2.24, 2.45) is 5.29 Å². The van der Waals surface area contributed by atoms with Crippen LogP contribution in [-0.2, 0) is 13.2 Å². The molecular formula is C24H25N3O4. The molecule has 0 aliphatic rings. The molecule has 0 unspecified atom stereocenters. The summed E-state index contributed by atoms with van der Waals surface area (Å²) in [5.41, 5.74) is 6.62. The molecule has 0 spiro atoms. The minimum absolute atomic E-state index is 0.0578. The third kappa shape index (κ3) is 5.39. The molecule has 0 aliphatic heterocycles. The zero-order valence-electron chi connectivity index (χ0n) is 17.8. The SMILES string of the molecule is COc1ccc(COc2c(CNN=O)cccc2-c2ccc(C(=O)N(C)C)cc2)cc1. The van der Waals surface area contributed by atoms with Gasteiger partial charge < -0.3 is 14.4 Å². The molecule has 0 saturated carbocycles. The maximum Gasteiger partial charge on any atom is 0.253 e. The van der Waals surface area contributed by atoms with E-state index in [-0.39, 0.29) is 12.5 Å². The summed E-state index contributed by atoms with van der Waals surface area (Å²) in [6.07, 6.45) is 0. The molecule has 31 heavy (non-hydrogen) atoms. The molecule has 7 nitrogen and oxygen atoms in total. The number of nitroso groups, excluding NO2 is 1. The summed E-state index contributed by atoms with van der Waals surface area (Å²) < 4.78 is 11.4. The third-order valence-corrected chi connectivity index (χ3v) is 4.82. The van der Waals surface area contributed by atoms with Crippen LogP contribution in [0.5, 0.6) is 11.5 Å². The van der Waals surface area contributed by atoms with Crippen molar-refractivity contribution in [3.8, 4) is 22.6 Å². The first-order valence-electron chi connectivity index (χ1n) is 9.78. The van der Waals surface area contributed by atoms with Crippen molar-refractivity contribution in [3.63, 3.8) is 0 Å². The van der Waals surface area contributed by atoms with Crippen LogP contribution in [0.2, 0.25) is 0 Å². The Bertz CT molecular complexity index is 1030. The van der Waals surface area contributed by atoms with Crippen LogP contribution in [0, 0.1) is 4.91 Å². The summed E-state index contributed by atoms with van der Waals surface area (Å²) >= 11 is 0. The van der Waals surface area contributed by atoms with E-state index in [1.165, 1.54) is 4.90 Å². The van der Waals surface area contributed by atoms with Crippen LogP contribution in [0.4, 0.5) is 0 Å². The number of rotatable bonds is 9. The third-order valence-electron chi connectivity index (χ3n) is 4.82. The van der Waals surface area contributed by atoms with E-state index in [0.717, 1.165) is 28.0 Å². The van der Waals surface area contributed by atoms with Gasteiger partial charge in [-0.25, -0.2) is 0 Å². The van der Waals surface area contributed by atoms with Gasteiger partial charge in [0.1, 0.15) is 18.1 Å². The Labute approximate surface area is 181 Å². The second kappa shape index (κ2) is 10.2. The van der Waals surface area contributed by atoms with Crippen LogP contribution >= 0.6 is 0 Å². The fourth-order valence-electron chi connectivity index (χ4n) is 3.17. The number of methoxy groups -OCH3 is 1. The highest BCUT2D eigenvalue weighted by atomic mass is 16.5. The molecule has 0 radical (unpaired) electrons. The molecule has 0 aromatic heterocycles. The Balaban J connectivity index is 1.91. The van der Waals surface area contributed by atoms with E-state index in [1.54, 1.807) is 33.3 Å². The Morgan fingerprint density at radius 1 is 1.00 bits per heavy atom. The number of hydrogen-bond donors (Lipinski definition) is 1. The van der Waals surface area contributed by atoms with E-state index >= 15 is 0 Å². The van der Waals surface area contributed by atoms with Crippen LogP contribution in [0.15, 0.2) is 72.0 Å². The molecule has 160 valence electrons. The Hall–Kier alpha value is -3.87. The van der Waals surface area contributed by atoms with E-state index in [9.17, 15) is 9.70 Å². The Morgan fingerprint density at radius 2 is 1.71 bits per heavy atom. The Morgan fingerprint density at radius 3 is 2.32 bits per heavy atom. The van der Waals surface area contributed by atoms with Gasteiger partial charge in [-0.15, -0.1) is 4.91 Å². The lowest BCUT2D eigenvalue weighted by atomic mass is 9.99. The van der Waals surface area contributed by atoms with Crippen molar-refractivity contribution in [2.45, 2.75) is 13.2 Å². The zero-order chi connectivity index (χ0) is 22.2. The van der Waals surface area contributed by atoms with Crippen LogP contribution in [-0.4, -0.2) is 32.0 Å². The minimum Gasteiger partial charge on any atom is -0.497 e. The number of para-hydroxylation sites is 1. The molecule has 1 amide bonds. The van der Waals surface area contributed by atoms with Crippen LogP contribution in [0.1, 0.15) is 21.5 Å². The van der Waals surface area contributed by atoms with Crippen LogP contribution in [0.25, 0.3) is 11.1 Å². The lowest BCUT2D eigenvalue weighted by Crippen LogP contribution is -2.21. The molecule has 0 atom stereocenters. The first-order chi connectivity index (χ1) is 15.0. The first kappa shape index (κ1) is 21.8. The molecule has 1 N–H and O–H groups in total. The highest BCUT2D eigenvalue weighted by molar-refractivity contribution is 5.94.